The molecule has 3 rings (SSSR count). The summed E-state index contributed by atoms with van der Waals surface area (Å²) in [5, 5.41) is 1.12. The Balaban J connectivity index is 2.13. The van der Waals surface area contributed by atoms with Crippen LogP contribution < -0.4 is 5.73 Å². The van der Waals surface area contributed by atoms with Gasteiger partial charge < -0.3 is 5.73 Å². The summed E-state index contributed by atoms with van der Waals surface area (Å²) in [5.41, 5.74) is 10.9. The molecule has 0 aliphatic carbocycles. The number of hydrogen-bond donors (Lipinski definition) is 1. The predicted octanol–water partition coefficient (Wildman–Crippen LogP) is 4.04. The van der Waals surface area contributed by atoms with E-state index in [0.717, 1.165) is 33.3 Å². The number of pyridine rings is 1. The number of aryl methyl sites for hydroxylation is 2. The Bertz CT molecular complexity index is 811. The summed E-state index contributed by atoms with van der Waals surface area (Å²) in [7, 11) is 0. The van der Waals surface area contributed by atoms with E-state index in [9.17, 15) is 4.39 Å². The Hall–Kier alpha value is -2.26. The number of nitrogens with zero attached hydrogens (tertiary/aromatic N) is 1. The molecule has 21 heavy (non-hydrogen) atoms. The summed E-state index contributed by atoms with van der Waals surface area (Å²) in [4.78, 5) is 4.64. The van der Waals surface area contributed by atoms with Crippen molar-refractivity contribution < 1.29 is 4.39 Å². The van der Waals surface area contributed by atoms with E-state index in [2.05, 4.69) is 4.98 Å². The second kappa shape index (κ2) is 5.26. The third kappa shape index (κ3) is 2.52. The Morgan fingerprint density at radius 1 is 1.00 bits per heavy atom. The van der Waals surface area contributed by atoms with E-state index >= 15 is 0 Å². The zero-order chi connectivity index (χ0) is 15.0. The Labute approximate surface area is 123 Å². The molecule has 3 heteroatoms. The lowest BCUT2D eigenvalue weighted by atomic mass is 9.97. The molecule has 2 N–H and O–H groups in total. The van der Waals surface area contributed by atoms with Crippen molar-refractivity contribution in [2.45, 2.75) is 19.9 Å². The average molecular weight is 280 g/mol. The Kier molecular flexibility index (Phi) is 3.43. The van der Waals surface area contributed by atoms with Crippen LogP contribution in [-0.2, 0) is 0 Å². The van der Waals surface area contributed by atoms with Gasteiger partial charge >= 0.3 is 0 Å². The molecule has 1 aromatic heterocycles. The largest absolute Gasteiger partial charge is 0.319 e. The maximum atomic E-state index is 13.5. The lowest BCUT2D eigenvalue weighted by Gasteiger charge is -2.16. The van der Waals surface area contributed by atoms with Crippen LogP contribution in [0.15, 0.2) is 48.5 Å². The maximum absolute atomic E-state index is 13.5. The summed E-state index contributed by atoms with van der Waals surface area (Å²) >= 11 is 0. The van der Waals surface area contributed by atoms with Gasteiger partial charge in [0.2, 0.25) is 0 Å². The summed E-state index contributed by atoms with van der Waals surface area (Å²) in [6.07, 6.45) is 0. The van der Waals surface area contributed by atoms with Crippen LogP contribution in [-0.4, -0.2) is 4.98 Å². The van der Waals surface area contributed by atoms with Crippen molar-refractivity contribution >= 4 is 10.9 Å². The molecule has 0 saturated heterocycles. The SMILES string of the molecule is Cc1ccc(F)cc1C(N)c1cc(C)c2ccccc2n1. The molecule has 2 nitrogen and oxygen atoms in total. The highest BCUT2D eigenvalue weighted by Gasteiger charge is 2.15. The molecule has 0 bridgehead atoms. The first kappa shape index (κ1) is 13.7. The van der Waals surface area contributed by atoms with Crippen LogP contribution in [0.1, 0.15) is 28.4 Å². The molecule has 3 aromatic rings. The Morgan fingerprint density at radius 2 is 1.76 bits per heavy atom. The van der Waals surface area contributed by atoms with Crippen molar-refractivity contribution in [1.29, 1.82) is 0 Å². The first-order valence-electron chi connectivity index (χ1n) is 6.94. The fourth-order valence-electron chi connectivity index (χ4n) is 2.64. The molecule has 1 atom stereocenters. The summed E-state index contributed by atoms with van der Waals surface area (Å²) in [5.74, 6) is -0.274. The van der Waals surface area contributed by atoms with Gasteiger partial charge in [-0.05, 0) is 54.8 Å². The van der Waals surface area contributed by atoms with Crippen molar-refractivity contribution in [3.8, 4) is 0 Å². The van der Waals surface area contributed by atoms with Crippen molar-refractivity contribution in [1.82, 2.24) is 4.98 Å². The number of hydrogen-bond acceptors (Lipinski definition) is 2. The standard InChI is InChI=1S/C18H17FN2/c1-11-7-8-13(19)10-15(11)18(20)17-9-12(2)14-5-3-4-6-16(14)21-17/h3-10,18H,20H2,1-2H3. The van der Waals surface area contributed by atoms with Gasteiger partial charge in [0.25, 0.3) is 0 Å². The van der Waals surface area contributed by atoms with Gasteiger partial charge in [-0.1, -0.05) is 24.3 Å². The number of nitrogens with two attached hydrogens (primary N) is 1. The lowest BCUT2D eigenvalue weighted by Crippen LogP contribution is -2.15. The van der Waals surface area contributed by atoms with E-state index < -0.39 is 6.04 Å². The smallest absolute Gasteiger partial charge is 0.123 e. The molecule has 0 saturated carbocycles. The second-order valence-electron chi connectivity index (χ2n) is 5.36. The molecule has 0 aliphatic heterocycles. The van der Waals surface area contributed by atoms with Gasteiger partial charge in [0, 0.05) is 5.39 Å². The highest BCUT2D eigenvalue weighted by Crippen LogP contribution is 2.26. The number of fused-ring (bicyclic) bond motifs is 1. The second-order valence-corrected chi connectivity index (χ2v) is 5.36. The van der Waals surface area contributed by atoms with Crippen LogP contribution in [0.25, 0.3) is 10.9 Å². The third-order valence-electron chi connectivity index (χ3n) is 3.84. The summed E-state index contributed by atoms with van der Waals surface area (Å²) < 4.78 is 13.5. The highest BCUT2D eigenvalue weighted by atomic mass is 19.1. The van der Waals surface area contributed by atoms with E-state index in [4.69, 9.17) is 5.73 Å². The summed E-state index contributed by atoms with van der Waals surface area (Å²) in [6, 6.07) is 14.2. The van der Waals surface area contributed by atoms with Gasteiger partial charge in [0.15, 0.2) is 0 Å². The van der Waals surface area contributed by atoms with Gasteiger partial charge in [0.05, 0.1) is 17.3 Å². The monoisotopic (exact) mass is 280 g/mol. The predicted molar refractivity (Wildman–Crippen MR) is 83.6 cm³/mol. The van der Waals surface area contributed by atoms with Crippen LogP contribution >= 0.6 is 0 Å². The minimum absolute atomic E-state index is 0.274. The van der Waals surface area contributed by atoms with Gasteiger partial charge in [-0.3, -0.25) is 4.98 Å². The fourth-order valence-corrected chi connectivity index (χ4v) is 2.64. The van der Waals surface area contributed by atoms with E-state index in [-0.39, 0.29) is 5.82 Å². The number of aromatic nitrogens is 1. The van der Waals surface area contributed by atoms with Gasteiger partial charge in [-0.2, -0.15) is 0 Å². The van der Waals surface area contributed by atoms with Crippen molar-refractivity contribution in [2.24, 2.45) is 5.73 Å². The Morgan fingerprint density at radius 3 is 2.57 bits per heavy atom. The van der Waals surface area contributed by atoms with Crippen LogP contribution in [0.2, 0.25) is 0 Å². The van der Waals surface area contributed by atoms with E-state index in [1.165, 1.54) is 12.1 Å². The molecule has 0 spiro atoms. The maximum Gasteiger partial charge on any atom is 0.123 e. The molecule has 1 heterocycles. The molecule has 2 aromatic carbocycles. The molecular formula is C18H17FN2. The molecule has 0 aliphatic rings. The molecule has 0 radical (unpaired) electrons. The van der Waals surface area contributed by atoms with Crippen molar-refractivity contribution in [3.63, 3.8) is 0 Å². The molecule has 1 unspecified atom stereocenters. The topological polar surface area (TPSA) is 38.9 Å². The molecule has 106 valence electrons. The number of benzene rings is 2. The first-order chi connectivity index (χ1) is 10.1. The van der Waals surface area contributed by atoms with Crippen molar-refractivity contribution in [2.75, 3.05) is 0 Å². The zero-order valence-corrected chi connectivity index (χ0v) is 12.1. The van der Waals surface area contributed by atoms with Crippen LogP contribution in [0, 0.1) is 19.7 Å². The minimum Gasteiger partial charge on any atom is -0.319 e. The van der Waals surface area contributed by atoms with Crippen LogP contribution in [0.3, 0.4) is 0 Å². The fraction of sp³-hybridized carbons (Fsp3) is 0.167. The van der Waals surface area contributed by atoms with Gasteiger partial charge in [-0.25, -0.2) is 4.39 Å². The summed E-state index contributed by atoms with van der Waals surface area (Å²) in [6.45, 7) is 3.97. The average Bonchev–Trinajstić information content (AvgIpc) is 2.49. The quantitative estimate of drug-likeness (QED) is 0.769. The molecule has 0 fully saturated rings. The van der Waals surface area contributed by atoms with Crippen LogP contribution in [0.4, 0.5) is 4.39 Å². The number of para-hydroxylation sites is 1. The van der Waals surface area contributed by atoms with E-state index in [0.29, 0.717) is 0 Å². The molecule has 0 amide bonds. The zero-order valence-electron chi connectivity index (χ0n) is 12.1. The third-order valence-corrected chi connectivity index (χ3v) is 3.84. The van der Waals surface area contributed by atoms with E-state index in [1.54, 1.807) is 6.07 Å². The minimum atomic E-state index is -0.427. The normalized spacial score (nSPS) is 12.6. The first-order valence-corrected chi connectivity index (χ1v) is 6.94. The van der Waals surface area contributed by atoms with Crippen molar-refractivity contribution in [3.05, 3.63) is 76.7 Å². The number of rotatable bonds is 2. The van der Waals surface area contributed by atoms with E-state index in [1.807, 2.05) is 44.2 Å². The van der Waals surface area contributed by atoms with Gasteiger partial charge in [-0.15, -0.1) is 0 Å². The van der Waals surface area contributed by atoms with Crippen LogP contribution in [0.5, 0.6) is 0 Å². The van der Waals surface area contributed by atoms with Gasteiger partial charge in [0.1, 0.15) is 5.82 Å². The lowest BCUT2D eigenvalue weighted by molar-refractivity contribution is 0.622. The molecular weight excluding hydrogens is 263 g/mol. The number of halogens is 1. The highest BCUT2D eigenvalue weighted by molar-refractivity contribution is 5.82.